The standard InChI is InChI=1S/C22H27N5O4S/c1-14-12-15(2)25-21(28)18(14)13-24-22(29)19-16(3)27(20-17(19)8-7-9-23-20)32(30,31)26-10-5-4-6-11-26/h7-9,12H,4-6,10-11,13H2,1-3H3,(H,24,29)(H,25,28). The second kappa shape index (κ2) is 8.51. The Morgan fingerprint density at radius 2 is 1.91 bits per heavy atom. The van der Waals surface area contributed by atoms with Crippen molar-refractivity contribution >= 4 is 27.1 Å². The van der Waals surface area contributed by atoms with Crippen molar-refractivity contribution in [1.82, 2.24) is 23.6 Å². The van der Waals surface area contributed by atoms with Crippen LogP contribution in [0.1, 0.15) is 52.1 Å². The first kappa shape index (κ1) is 22.2. The van der Waals surface area contributed by atoms with E-state index in [1.54, 1.807) is 26.0 Å². The number of aromatic nitrogens is 3. The number of carbonyl (C=O) groups is 1. The van der Waals surface area contributed by atoms with Gasteiger partial charge in [-0.05, 0) is 57.4 Å². The highest BCUT2D eigenvalue weighted by atomic mass is 32.2. The summed E-state index contributed by atoms with van der Waals surface area (Å²) in [5, 5.41) is 3.24. The summed E-state index contributed by atoms with van der Waals surface area (Å²) in [5.41, 5.74) is 2.51. The van der Waals surface area contributed by atoms with E-state index < -0.39 is 16.1 Å². The third kappa shape index (κ3) is 3.84. The lowest BCUT2D eigenvalue weighted by Gasteiger charge is -2.26. The second-order valence-electron chi connectivity index (χ2n) is 8.19. The first-order valence-electron chi connectivity index (χ1n) is 10.7. The summed E-state index contributed by atoms with van der Waals surface area (Å²) in [4.78, 5) is 32.5. The van der Waals surface area contributed by atoms with Gasteiger partial charge in [0, 0.05) is 48.2 Å². The third-order valence-electron chi connectivity index (χ3n) is 5.93. The van der Waals surface area contributed by atoms with Crippen molar-refractivity contribution in [3.8, 4) is 0 Å². The molecule has 3 aromatic rings. The van der Waals surface area contributed by atoms with Gasteiger partial charge in [-0.3, -0.25) is 9.59 Å². The zero-order chi connectivity index (χ0) is 23.0. The lowest BCUT2D eigenvalue weighted by atomic mass is 10.1. The lowest BCUT2D eigenvalue weighted by molar-refractivity contribution is 0.0951. The van der Waals surface area contributed by atoms with E-state index in [9.17, 15) is 18.0 Å². The molecule has 1 aliphatic heterocycles. The molecule has 32 heavy (non-hydrogen) atoms. The molecule has 0 aliphatic carbocycles. The van der Waals surface area contributed by atoms with E-state index >= 15 is 0 Å². The number of carbonyl (C=O) groups excluding carboxylic acids is 1. The van der Waals surface area contributed by atoms with Gasteiger partial charge < -0.3 is 10.3 Å². The molecule has 1 saturated heterocycles. The number of fused-ring (bicyclic) bond motifs is 1. The quantitative estimate of drug-likeness (QED) is 0.609. The van der Waals surface area contributed by atoms with E-state index in [0.29, 0.717) is 29.7 Å². The topological polar surface area (TPSA) is 117 Å². The Labute approximate surface area is 186 Å². The van der Waals surface area contributed by atoms with Crippen LogP contribution in [0.15, 0.2) is 29.2 Å². The molecule has 4 heterocycles. The van der Waals surface area contributed by atoms with Crippen molar-refractivity contribution < 1.29 is 13.2 Å². The van der Waals surface area contributed by atoms with E-state index in [-0.39, 0.29) is 23.3 Å². The number of H-pyrrole nitrogens is 1. The predicted molar refractivity (Wildman–Crippen MR) is 122 cm³/mol. The Bertz CT molecular complexity index is 1350. The molecule has 4 rings (SSSR count). The highest BCUT2D eigenvalue weighted by Gasteiger charge is 2.32. The Morgan fingerprint density at radius 3 is 2.59 bits per heavy atom. The molecule has 0 atom stereocenters. The van der Waals surface area contributed by atoms with Gasteiger partial charge in [-0.15, -0.1) is 0 Å². The molecule has 9 nitrogen and oxygen atoms in total. The molecule has 1 fully saturated rings. The Balaban J connectivity index is 1.73. The SMILES string of the molecule is Cc1cc(C)c(CNC(=O)c2c(C)n(S(=O)(=O)N3CCCCC3)c3ncccc23)c(=O)[nH]1. The molecule has 0 unspecified atom stereocenters. The Morgan fingerprint density at radius 1 is 1.19 bits per heavy atom. The molecule has 3 aromatic heterocycles. The molecule has 0 saturated carbocycles. The number of hydrogen-bond acceptors (Lipinski definition) is 5. The predicted octanol–water partition coefficient (Wildman–Crippen LogP) is 2.16. The zero-order valence-corrected chi connectivity index (χ0v) is 19.3. The minimum absolute atomic E-state index is 0.0333. The fourth-order valence-electron chi connectivity index (χ4n) is 4.35. The molecule has 2 N–H and O–H groups in total. The van der Waals surface area contributed by atoms with E-state index in [0.717, 1.165) is 30.5 Å². The molecule has 0 bridgehead atoms. The monoisotopic (exact) mass is 457 g/mol. The summed E-state index contributed by atoms with van der Waals surface area (Å²) in [6, 6.07) is 5.21. The average molecular weight is 458 g/mol. The minimum atomic E-state index is -3.86. The van der Waals surface area contributed by atoms with Crippen LogP contribution in [0.3, 0.4) is 0 Å². The van der Waals surface area contributed by atoms with Gasteiger partial charge in [0.25, 0.3) is 11.5 Å². The maximum absolute atomic E-state index is 13.4. The molecule has 0 spiro atoms. The number of nitrogens with zero attached hydrogens (tertiary/aromatic N) is 3. The van der Waals surface area contributed by atoms with Crippen LogP contribution in [0.4, 0.5) is 0 Å². The number of aromatic amines is 1. The van der Waals surface area contributed by atoms with Crippen LogP contribution in [0.5, 0.6) is 0 Å². The summed E-state index contributed by atoms with van der Waals surface area (Å²) < 4.78 is 29.5. The zero-order valence-electron chi connectivity index (χ0n) is 18.4. The maximum atomic E-state index is 13.4. The summed E-state index contributed by atoms with van der Waals surface area (Å²) in [6.45, 7) is 6.16. The van der Waals surface area contributed by atoms with Gasteiger partial charge in [-0.2, -0.15) is 12.7 Å². The summed E-state index contributed by atoms with van der Waals surface area (Å²) in [7, 11) is -3.86. The highest BCUT2D eigenvalue weighted by molar-refractivity contribution is 7.87. The number of rotatable bonds is 5. The van der Waals surface area contributed by atoms with Gasteiger partial charge in [0.05, 0.1) is 5.56 Å². The van der Waals surface area contributed by atoms with E-state index in [1.165, 1.54) is 14.5 Å². The van der Waals surface area contributed by atoms with Crippen LogP contribution in [-0.2, 0) is 16.8 Å². The molecule has 0 aromatic carbocycles. The Hall–Kier alpha value is -2.98. The van der Waals surface area contributed by atoms with Crippen LogP contribution in [-0.4, -0.2) is 45.7 Å². The number of aryl methyl sites for hydroxylation is 2. The van der Waals surface area contributed by atoms with Crippen molar-refractivity contribution in [1.29, 1.82) is 0 Å². The average Bonchev–Trinajstić information content (AvgIpc) is 3.06. The fourth-order valence-corrected chi connectivity index (χ4v) is 6.10. The highest BCUT2D eigenvalue weighted by Crippen LogP contribution is 2.28. The van der Waals surface area contributed by atoms with E-state index in [2.05, 4.69) is 15.3 Å². The van der Waals surface area contributed by atoms with Crippen molar-refractivity contribution in [2.24, 2.45) is 0 Å². The molecule has 10 heteroatoms. The van der Waals surface area contributed by atoms with Crippen LogP contribution < -0.4 is 10.9 Å². The lowest BCUT2D eigenvalue weighted by Crippen LogP contribution is -2.39. The van der Waals surface area contributed by atoms with E-state index in [1.807, 2.05) is 13.0 Å². The van der Waals surface area contributed by atoms with Crippen LogP contribution in [0.25, 0.3) is 11.0 Å². The van der Waals surface area contributed by atoms with Gasteiger partial charge in [0.15, 0.2) is 5.65 Å². The van der Waals surface area contributed by atoms with Gasteiger partial charge in [-0.25, -0.2) is 8.96 Å². The molecule has 170 valence electrons. The summed E-state index contributed by atoms with van der Waals surface area (Å²) >= 11 is 0. The van der Waals surface area contributed by atoms with E-state index in [4.69, 9.17) is 0 Å². The van der Waals surface area contributed by atoms with Crippen molar-refractivity contribution in [2.75, 3.05) is 13.1 Å². The number of amides is 1. The number of piperidine rings is 1. The molecular weight excluding hydrogens is 430 g/mol. The molecule has 1 amide bonds. The van der Waals surface area contributed by atoms with Crippen molar-refractivity contribution in [3.05, 3.63) is 62.8 Å². The largest absolute Gasteiger partial charge is 0.348 e. The normalized spacial score (nSPS) is 15.2. The smallest absolute Gasteiger partial charge is 0.309 e. The van der Waals surface area contributed by atoms with Gasteiger partial charge in [0.1, 0.15) is 0 Å². The molecule has 1 aliphatic rings. The van der Waals surface area contributed by atoms with Crippen molar-refractivity contribution in [3.63, 3.8) is 0 Å². The number of nitrogens with one attached hydrogen (secondary N) is 2. The van der Waals surface area contributed by atoms with Crippen LogP contribution in [0.2, 0.25) is 0 Å². The Kier molecular flexibility index (Phi) is 5.91. The first-order valence-corrected chi connectivity index (χ1v) is 12.1. The summed E-state index contributed by atoms with van der Waals surface area (Å²) in [6.07, 6.45) is 4.13. The number of hydrogen-bond donors (Lipinski definition) is 2. The third-order valence-corrected chi connectivity index (χ3v) is 7.86. The minimum Gasteiger partial charge on any atom is -0.348 e. The molecule has 0 radical (unpaired) electrons. The fraction of sp³-hybridized carbons (Fsp3) is 0.409. The molecular formula is C22H27N5O4S. The van der Waals surface area contributed by atoms with Crippen LogP contribution in [0, 0.1) is 20.8 Å². The van der Waals surface area contributed by atoms with Crippen LogP contribution >= 0.6 is 0 Å². The summed E-state index contributed by atoms with van der Waals surface area (Å²) in [5.74, 6) is -0.451. The number of pyridine rings is 2. The first-order chi connectivity index (χ1) is 15.2. The van der Waals surface area contributed by atoms with Gasteiger partial charge >= 0.3 is 10.2 Å². The van der Waals surface area contributed by atoms with Gasteiger partial charge in [0.2, 0.25) is 0 Å². The second-order valence-corrected chi connectivity index (χ2v) is 9.97. The van der Waals surface area contributed by atoms with Gasteiger partial charge in [-0.1, -0.05) is 6.42 Å². The van der Waals surface area contributed by atoms with Crippen molar-refractivity contribution in [2.45, 2.75) is 46.6 Å². The maximum Gasteiger partial charge on any atom is 0.309 e.